The van der Waals surface area contributed by atoms with Gasteiger partial charge in [-0.2, -0.15) is 0 Å². The van der Waals surface area contributed by atoms with E-state index >= 15 is 0 Å². The minimum atomic E-state index is -0.797. The first-order chi connectivity index (χ1) is 13.0. The molecule has 0 aromatic heterocycles. The third kappa shape index (κ3) is 4.23. The molecule has 0 saturated heterocycles. The Hall–Kier alpha value is -1.35. The van der Waals surface area contributed by atoms with Gasteiger partial charge in [-0.25, -0.2) is 0 Å². The summed E-state index contributed by atoms with van der Waals surface area (Å²) < 4.78 is 5.89. The fourth-order valence-electron chi connectivity index (χ4n) is 5.21. The van der Waals surface area contributed by atoms with Gasteiger partial charge < -0.3 is 20.1 Å². The molecule has 5 heteroatoms. The molecule has 3 aliphatic rings. The van der Waals surface area contributed by atoms with E-state index in [2.05, 4.69) is 11.8 Å². The molecule has 0 radical (unpaired) electrons. The fraction of sp³-hybridized carbons (Fsp3) is 0.773. The summed E-state index contributed by atoms with van der Waals surface area (Å²) in [6, 6.07) is 0. The van der Waals surface area contributed by atoms with E-state index < -0.39 is 23.8 Å². The SMILES string of the molecule is COC12CCC(O)C(C#CC(O)C3CCCCC3)C1CC2=CCCC(=O)O. The minimum absolute atomic E-state index is 0.105. The average Bonchev–Trinajstić information content (AvgIpc) is 2.66. The Morgan fingerprint density at radius 3 is 2.74 bits per heavy atom. The van der Waals surface area contributed by atoms with Crippen LogP contribution in [0.1, 0.15) is 64.2 Å². The summed E-state index contributed by atoms with van der Waals surface area (Å²) in [6.07, 6.45) is 9.27. The van der Waals surface area contributed by atoms with Crippen LogP contribution < -0.4 is 0 Å². The molecular formula is C22H32O5. The Labute approximate surface area is 161 Å². The lowest BCUT2D eigenvalue weighted by atomic mass is 9.53. The molecule has 0 bridgehead atoms. The van der Waals surface area contributed by atoms with Crippen molar-refractivity contribution >= 4 is 5.97 Å². The summed E-state index contributed by atoms with van der Waals surface area (Å²) >= 11 is 0. The van der Waals surface area contributed by atoms with E-state index in [4.69, 9.17) is 9.84 Å². The number of aliphatic carboxylic acids is 1. The molecule has 5 unspecified atom stereocenters. The second-order valence-electron chi connectivity index (χ2n) is 8.33. The topological polar surface area (TPSA) is 87.0 Å². The number of allylic oxidation sites excluding steroid dienone is 1. The average molecular weight is 376 g/mol. The summed E-state index contributed by atoms with van der Waals surface area (Å²) in [4.78, 5) is 10.8. The van der Waals surface area contributed by atoms with Gasteiger partial charge in [-0.15, -0.1) is 0 Å². The monoisotopic (exact) mass is 376 g/mol. The van der Waals surface area contributed by atoms with Crippen molar-refractivity contribution in [3.8, 4) is 11.8 Å². The molecule has 0 aromatic carbocycles. The summed E-state index contributed by atoms with van der Waals surface area (Å²) in [6.45, 7) is 0. The number of fused-ring (bicyclic) bond motifs is 1. The van der Waals surface area contributed by atoms with Gasteiger partial charge in [-0.3, -0.25) is 4.79 Å². The Balaban J connectivity index is 1.70. The second-order valence-corrected chi connectivity index (χ2v) is 8.33. The highest BCUT2D eigenvalue weighted by Crippen LogP contribution is 2.56. The molecule has 0 aromatic rings. The van der Waals surface area contributed by atoms with Crippen LogP contribution in [0.25, 0.3) is 0 Å². The van der Waals surface area contributed by atoms with E-state index in [-0.39, 0.29) is 24.2 Å². The van der Waals surface area contributed by atoms with Crippen molar-refractivity contribution in [1.29, 1.82) is 0 Å². The highest BCUT2D eigenvalue weighted by molar-refractivity contribution is 5.66. The maximum absolute atomic E-state index is 10.8. The lowest BCUT2D eigenvalue weighted by Crippen LogP contribution is -2.59. The number of aliphatic hydroxyl groups excluding tert-OH is 2. The molecule has 5 atom stereocenters. The van der Waals surface area contributed by atoms with Crippen molar-refractivity contribution < 1.29 is 24.9 Å². The standard InChI is InChI=1S/C22H32O5/c1-27-22-13-12-20(24)17(10-11-19(23)15-6-3-2-4-7-15)18(22)14-16(22)8-5-9-21(25)26/h8,15,17-20,23-24H,2-7,9,12-14H2,1H3,(H,25,26). The number of carboxylic acids is 1. The van der Waals surface area contributed by atoms with Crippen LogP contribution in [-0.2, 0) is 9.53 Å². The van der Waals surface area contributed by atoms with Crippen molar-refractivity contribution in [3.63, 3.8) is 0 Å². The van der Waals surface area contributed by atoms with Gasteiger partial charge in [0.15, 0.2) is 0 Å². The lowest BCUT2D eigenvalue weighted by molar-refractivity contribution is -0.139. The molecule has 0 heterocycles. The van der Waals surface area contributed by atoms with Gasteiger partial charge in [0.25, 0.3) is 0 Å². The van der Waals surface area contributed by atoms with Crippen LogP contribution in [0.2, 0.25) is 0 Å². The molecule has 5 nitrogen and oxygen atoms in total. The Kier molecular flexibility index (Phi) is 6.62. The van der Waals surface area contributed by atoms with E-state index in [1.165, 1.54) is 6.42 Å². The molecule has 0 spiro atoms. The van der Waals surface area contributed by atoms with E-state index in [0.29, 0.717) is 12.8 Å². The van der Waals surface area contributed by atoms with E-state index in [1.54, 1.807) is 7.11 Å². The van der Waals surface area contributed by atoms with Crippen LogP contribution in [0.15, 0.2) is 11.6 Å². The van der Waals surface area contributed by atoms with Crippen LogP contribution in [0, 0.1) is 29.6 Å². The molecule has 27 heavy (non-hydrogen) atoms. The third-order valence-electron chi connectivity index (χ3n) is 6.85. The van der Waals surface area contributed by atoms with Crippen molar-refractivity contribution in [1.82, 2.24) is 0 Å². The predicted octanol–water partition coefficient (Wildman–Crippen LogP) is 2.90. The molecule has 3 rings (SSSR count). The number of hydrogen-bond acceptors (Lipinski definition) is 4. The molecular weight excluding hydrogens is 344 g/mol. The second kappa shape index (κ2) is 8.77. The number of rotatable bonds is 5. The van der Waals surface area contributed by atoms with Gasteiger partial charge in [0, 0.05) is 19.4 Å². The maximum atomic E-state index is 10.8. The zero-order valence-corrected chi connectivity index (χ0v) is 16.2. The Morgan fingerprint density at radius 1 is 1.33 bits per heavy atom. The molecule has 0 aliphatic heterocycles. The first-order valence-corrected chi connectivity index (χ1v) is 10.3. The number of methoxy groups -OCH3 is 1. The Bertz CT molecular complexity index is 624. The molecule has 150 valence electrons. The van der Waals surface area contributed by atoms with Crippen molar-refractivity contribution in [2.24, 2.45) is 17.8 Å². The first kappa shape index (κ1) is 20.4. The van der Waals surface area contributed by atoms with Gasteiger partial charge in [-0.05, 0) is 50.0 Å². The van der Waals surface area contributed by atoms with Gasteiger partial charge in [0.05, 0.1) is 17.6 Å². The maximum Gasteiger partial charge on any atom is 0.303 e. The first-order valence-electron chi connectivity index (χ1n) is 10.3. The summed E-state index contributed by atoms with van der Waals surface area (Å²) in [7, 11) is 1.69. The van der Waals surface area contributed by atoms with Crippen molar-refractivity contribution in [2.75, 3.05) is 7.11 Å². The van der Waals surface area contributed by atoms with Gasteiger partial charge in [0.2, 0.25) is 0 Å². The fourth-order valence-corrected chi connectivity index (χ4v) is 5.21. The highest BCUT2D eigenvalue weighted by Gasteiger charge is 2.58. The van der Waals surface area contributed by atoms with Crippen LogP contribution in [-0.4, -0.2) is 46.2 Å². The van der Waals surface area contributed by atoms with Crippen LogP contribution in [0.3, 0.4) is 0 Å². The van der Waals surface area contributed by atoms with Crippen molar-refractivity contribution in [2.45, 2.75) is 82.0 Å². The summed E-state index contributed by atoms with van der Waals surface area (Å²) in [5, 5.41) is 29.8. The van der Waals surface area contributed by atoms with Gasteiger partial charge >= 0.3 is 5.97 Å². The zero-order chi connectivity index (χ0) is 19.4. The number of ether oxygens (including phenoxy) is 1. The van der Waals surface area contributed by atoms with Crippen molar-refractivity contribution in [3.05, 3.63) is 11.6 Å². The van der Waals surface area contributed by atoms with Crippen LogP contribution in [0.4, 0.5) is 0 Å². The summed E-state index contributed by atoms with van der Waals surface area (Å²) in [5.41, 5.74) is 0.718. The largest absolute Gasteiger partial charge is 0.481 e. The zero-order valence-electron chi connectivity index (χ0n) is 16.2. The number of hydrogen-bond donors (Lipinski definition) is 3. The molecule has 3 N–H and O–H groups in total. The lowest BCUT2D eigenvalue weighted by Gasteiger charge is -2.57. The quantitative estimate of drug-likeness (QED) is 0.507. The van der Waals surface area contributed by atoms with E-state index in [1.807, 2.05) is 6.08 Å². The van der Waals surface area contributed by atoms with E-state index in [0.717, 1.165) is 44.1 Å². The third-order valence-corrected chi connectivity index (χ3v) is 6.85. The normalized spacial score (nSPS) is 36.3. The molecule has 3 saturated carbocycles. The summed E-state index contributed by atoms with van der Waals surface area (Å²) in [5.74, 6) is 5.61. The molecule has 3 aliphatic carbocycles. The van der Waals surface area contributed by atoms with Gasteiger partial charge in [-0.1, -0.05) is 37.2 Å². The van der Waals surface area contributed by atoms with Gasteiger partial charge in [0.1, 0.15) is 6.10 Å². The Morgan fingerprint density at radius 2 is 2.07 bits per heavy atom. The number of aliphatic hydroxyl groups is 2. The number of carbonyl (C=O) groups is 1. The number of carboxylic acid groups (broad SMARTS) is 1. The minimum Gasteiger partial charge on any atom is -0.481 e. The highest BCUT2D eigenvalue weighted by atomic mass is 16.5. The predicted molar refractivity (Wildman–Crippen MR) is 102 cm³/mol. The molecule has 0 amide bonds. The van der Waals surface area contributed by atoms with E-state index in [9.17, 15) is 15.0 Å². The smallest absolute Gasteiger partial charge is 0.303 e. The van der Waals surface area contributed by atoms with Crippen LogP contribution >= 0.6 is 0 Å². The van der Waals surface area contributed by atoms with Crippen LogP contribution in [0.5, 0.6) is 0 Å². The molecule has 3 fully saturated rings.